The van der Waals surface area contributed by atoms with Crippen LogP contribution in [0.5, 0.6) is 0 Å². The van der Waals surface area contributed by atoms with Crippen molar-refractivity contribution in [2.75, 3.05) is 0 Å². The van der Waals surface area contributed by atoms with E-state index in [1.54, 1.807) is 24.5 Å². The van der Waals surface area contributed by atoms with Gasteiger partial charge in [0.1, 0.15) is 11.0 Å². The van der Waals surface area contributed by atoms with Crippen LogP contribution in [0.25, 0.3) is 22.3 Å². The molecule has 0 aliphatic carbocycles. The van der Waals surface area contributed by atoms with Crippen molar-refractivity contribution in [3.05, 3.63) is 36.7 Å². The van der Waals surface area contributed by atoms with Crippen LogP contribution in [0.3, 0.4) is 0 Å². The van der Waals surface area contributed by atoms with E-state index >= 15 is 0 Å². The molecule has 0 bridgehead atoms. The Labute approximate surface area is 105 Å². The molecule has 19 heavy (non-hydrogen) atoms. The minimum atomic E-state index is 0.377. The van der Waals surface area contributed by atoms with Crippen LogP contribution >= 0.6 is 0 Å². The van der Waals surface area contributed by atoms with Gasteiger partial charge in [0.25, 0.3) is 0 Å². The van der Waals surface area contributed by atoms with Crippen LogP contribution in [-0.4, -0.2) is 45.7 Å². The molecular formula is C10H8N8O. The van der Waals surface area contributed by atoms with Crippen LogP contribution in [0.4, 0.5) is 0 Å². The lowest BCUT2D eigenvalue weighted by Crippen LogP contribution is -1.92. The number of H-pyrrole nitrogens is 1. The van der Waals surface area contributed by atoms with Crippen molar-refractivity contribution in [1.29, 1.82) is 0 Å². The molecule has 0 spiro atoms. The number of nitrogens with one attached hydrogen (secondary N) is 1. The molecule has 4 aromatic heterocycles. The summed E-state index contributed by atoms with van der Waals surface area (Å²) in [5, 5.41) is 25.9. The molecule has 0 aliphatic rings. The Kier molecular flexibility index (Phi) is 2.69. The number of aromatic amines is 1. The van der Waals surface area contributed by atoms with Gasteiger partial charge in [-0.1, -0.05) is 4.85 Å². The molecule has 0 amide bonds. The maximum atomic E-state index is 8.89. The lowest BCUT2D eigenvalue weighted by molar-refractivity contribution is 0.153. The summed E-state index contributed by atoms with van der Waals surface area (Å²) in [7, 11) is 0. The van der Waals surface area contributed by atoms with Gasteiger partial charge in [-0.3, -0.25) is 0 Å². The lowest BCUT2D eigenvalue weighted by atomic mass is 10.4. The predicted molar refractivity (Wildman–Crippen MR) is 64.2 cm³/mol. The first-order valence-electron chi connectivity index (χ1n) is 5.32. The second-order valence-electron chi connectivity index (χ2n) is 3.49. The molecule has 4 heterocycles. The third-order valence-electron chi connectivity index (χ3n) is 2.29. The number of fused-ring (bicyclic) bond motifs is 2. The number of nitrogens with zero attached hydrogens (tertiary/aromatic N) is 7. The van der Waals surface area contributed by atoms with Crippen molar-refractivity contribution in [2.45, 2.75) is 0 Å². The predicted octanol–water partition coefficient (Wildman–Crippen LogP) is 0.416. The van der Waals surface area contributed by atoms with Gasteiger partial charge in [-0.15, -0.1) is 10.2 Å². The van der Waals surface area contributed by atoms with Gasteiger partial charge in [-0.25, -0.2) is 9.97 Å². The summed E-state index contributed by atoms with van der Waals surface area (Å²) in [5.74, 6) is 0. The highest BCUT2D eigenvalue weighted by Crippen LogP contribution is 2.02. The topological polar surface area (TPSA) is 118 Å². The molecule has 0 atom stereocenters. The Bertz CT molecular complexity index is 777. The van der Waals surface area contributed by atoms with Crippen molar-refractivity contribution < 1.29 is 5.21 Å². The molecule has 9 nitrogen and oxygen atoms in total. The second kappa shape index (κ2) is 4.64. The van der Waals surface area contributed by atoms with E-state index < -0.39 is 0 Å². The average Bonchev–Trinajstić information content (AvgIpc) is 3.07. The fourth-order valence-electron chi connectivity index (χ4n) is 1.44. The van der Waals surface area contributed by atoms with Gasteiger partial charge in [0.2, 0.25) is 11.3 Å². The van der Waals surface area contributed by atoms with E-state index in [9.17, 15) is 0 Å². The van der Waals surface area contributed by atoms with Crippen molar-refractivity contribution in [3.8, 4) is 0 Å². The fourth-order valence-corrected chi connectivity index (χ4v) is 1.44. The van der Waals surface area contributed by atoms with Crippen molar-refractivity contribution >= 4 is 22.3 Å². The van der Waals surface area contributed by atoms with Gasteiger partial charge in [0, 0.05) is 12.4 Å². The van der Waals surface area contributed by atoms with E-state index in [1.807, 2.05) is 12.1 Å². The monoisotopic (exact) mass is 256 g/mol. The van der Waals surface area contributed by atoms with Gasteiger partial charge < -0.3 is 5.21 Å². The molecule has 0 aliphatic heterocycles. The minimum absolute atomic E-state index is 0.377. The molecule has 0 unspecified atom stereocenters. The Hall–Kier alpha value is -3.10. The molecule has 0 aromatic carbocycles. The number of rotatable bonds is 0. The van der Waals surface area contributed by atoms with Crippen molar-refractivity contribution in [3.63, 3.8) is 0 Å². The van der Waals surface area contributed by atoms with Gasteiger partial charge >= 0.3 is 0 Å². The van der Waals surface area contributed by atoms with E-state index in [-0.39, 0.29) is 0 Å². The largest absolute Gasteiger partial charge is 0.409 e. The van der Waals surface area contributed by atoms with Crippen LogP contribution in [-0.2, 0) is 0 Å². The van der Waals surface area contributed by atoms with Gasteiger partial charge in [0.15, 0.2) is 0 Å². The Morgan fingerprint density at radius 1 is 1.00 bits per heavy atom. The zero-order valence-electron chi connectivity index (χ0n) is 9.54. The number of hydrogen-bond acceptors (Lipinski definition) is 7. The smallest absolute Gasteiger partial charge is 0.219 e. The molecule has 4 rings (SSSR count). The summed E-state index contributed by atoms with van der Waals surface area (Å²) >= 11 is 0. The molecular weight excluding hydrogens is 248 g/mol. The summed E-state index contributed by atoms with van der Waals surface area (Å²) < 4.78 is 0. The third-order valence-corrected chi connectivity index (χ3v) is 2.29. The van der Waals surface area contributed by atoms with Crippen LogP contribution < -0.4 is 0 Å². The van der Waals surface area contributed by atoms with Crippen molar-refractivity contribution in [2.24, 2.45) is 0 Å². The maximum Gasteiger partial charge on any atom is 0.219 e. The minimum Gasteiger partial charge on any atom is -0.409 e. The van der Waals surface area contributed by atoms with Crippen LogP contribution in [0.15, 0.2) is 36.7 Å². The van der Waals surface area contributed by atoms with Crippen molar-refractivity contribution in [1.82, 2.24) is 40.5 Å². The molecule has 0 radical (unpaired) electrons. The highest BCUT2D eigenvalue weighted by molar-refractivity contribution is 5.68. The molecule has 0 fully saturated rings. The lowest BCUT2D eigenvalue weighted by Gasteiger charge is -1.85. The highest BCUT2D eigenvalue weighted by Gasteiger charge is 2.00. The molecule has 0 saturated carbocycles. The normalized spacial score (nSPS) is 10.3. The highest BCUT2D eigenvalue weighted by atomic mass is 16.5. The zero-order chi connectivity index (χ0) is 13.1. The fraction of sp³-hybridized carbons (Fsp3) is 0. The van der Waals surface area contributed by atoms with Gasteiger partial charge in [0.05, 0.1) is 0 Å². The van der Waals surface area contributed by atoms with E-state index in [0.717, 1.165) is 5.52 Å². The van der Waals surface area contributed by atoms with E-state index in [0.29, 0.717) is 21.7 Å². The van der Waals surface area contributed by atoms with E-state index in [1.165, 1.54) is 0 Å². The first-order valence-corrected chi connectivity index (χ1v) is 5.32. The summed E-state index contributed by atoms with van der Waals surface area (Å²) in [5.41, 5.74) is 2.43. The molecule has 4 aromatic rings. The summed E-state index contributed by atoms with van der Waals surface area (Å²) in [6, 6.07) is 7.13. The van der Waals surface area contributed by atoms with Gasteiger partial charge in [-0.05, 0) is 29.5 Å². The summed E-state index contributed by atoms with van der Waals surface area (Å²) in [6.07, 6.45) is 3.25. The quantitative estimate of drug-likeness (QED) is 0.437. The maximum absolute atomic E-state index is 8.89. The van der Waals surface area contributed by atoms with Gasteiger partial charge in [-0.2, -0.15) is 10.3 Å². The summed E-state index contributed by atoms with van der Waals surface area (Å²) in [6.45, 7) is 0. The standard InChI is InChI=1S/C5H4N4O.C5H4N4/c10-9-5-4(7-8-9)2-1-3-6-5;1-2-4-5(6-3-1)8-9-7-4/h1-3,10H;1-3H,(H,6,7,8,9). The number of pyridine rings is 2. The number of aromatic nitrogens is 8. The van der Waals surface area contributed by atoms with Crippen LogP contribution in [0.2, 0.25) is 0 Å². The average molecular weight is 256 g/mol. The zero-order valence-corrected chi connectivity index (χ0v) is 9.54. The van der Waals surface area contributed by atoms with Crippen LogP contribution in [0.1, 0.15) is 0 Å². The molecule has 2 N–H and O–H groups in total. The van der Waals surface area contributed by atoms with Crippen LogP contribution in [0, 0.1) is 0 Å². The third kappa shape index (κ3) is 2.16. The second-order valence-corrected chi connectivity index (χ2v) is 3.49. The Balaban J connectivity index is 0.000000117. The summed E-state index contributed by atoms with van der Waals surface area (Å²) in [4.78, 5) is 8.41. The first-order chi connectivity index (χ1) is 9.34. The molecule has 9 heteroatoms. The van der Waals surface area contributed by atoms with E-state index in [2.05, 4.69) is 35.7 Å². The number of hydrogen-bond donors (Lipinski definition) is 2. The molecule has 94 valence electrons. The molecule has 0 saturated heterocycles. The Morgan fingerprint density at radius 3 is 2.58 bits per heavy atom. The Morgan fingerprint density at radius 2 is 1.79 bits per heavy atom. The SMILES string of the molecule is On1nnc2cccnc21.c1cnc2n[nH]nc2c1. The van der Waals surface area contributed by atoms with E-state index in [4.69, 9.17) is 5.21 Å². The first kappa shape index (κ1) is 11.0.